The smallest absolute Gasteiger partial charge is 0.168 e. The first-order valence-corrected chi connectivity index (χ1v) is 17.9. The second-order valence-corrected chi connectivity index (χ2v) is 13.1. The third-order valence-electron chi connectivity index (χ3n) is 10.0. The van der Waals surface area contributed by atoms with E-state index in [4.69, 9.17) is 10.2 Å². The summed E-state index contributed by atoms with van der Waals surface area (Å²) in [5.74, 6) is 1.59. The van der Waals surface area contributed by atoms with Crippen LogP contribution in [0.2, 0.25) is 0 Å². The molecule has 0 fully saturated rings. The number of benzene rings is 8. The normalized spacial score (nSPS) is 11.4. The SMILES string of the molecule is c1ccc(-c2nnc(-c3ccccc3)n2-c2cccc3c(N(c4ccccc4)c4ccc(-n5c6ccccc6c6ccccc65)cc4)cccc23)cc1. The number of anilines is 3. The maximum absolute atomic E-state index is 4.77. The minimum Gasteiger partial charge on any atom is -0.310 e. The van der Waals surface area contributed by atoms with Crippen molar-refractivity contribution in [3.05, 3.63) is 200 Å². The fourth-order valence-electron chi connectivity index (χ4n) is 7.68. The summed E-state index contributed by atoms with van der Waals surface area (Å²) in [5, 5.41) is 14.3. The van der Waals surface area contributed by atoms with Crippen molar-refractivity contribution >= 4 is 49.6 Å². The Balaban J connectivity index is 1.15. The Morgan fingerprint density at radius 1 is 0.340 bits per heavy atom. The average Bonchev–Trinajstić information content (AvgIpc) is 3.82. The Morgan fingerprint density at radius 2 is 0.811 bits per heavy atom. The molecule has 0 aliphatic heterocycles. The standard InChI is InChI=1S/C48H33N5/c1-4-16-34(17-5-1)47-49-50-48(35-18-6-2-7-19-35)53(47)46-29-15-24-41-42(46)25-14-28-43(41)51(36-20-8-3-9-21-36)37-30-32-38(33-31-37)52-44-26-12-10-22-39(44)40-23-11-13-27-45(40)52/h1-33H. The summed E-state index contributed by atoms with van der Waals surface area (Å²) in [5.41, 5.74) is 9.76. The topological polar surface area (TPSA) is 38.9 Å². The van der Waals surface area contributed by atoms with Crippen LogP contribution in [0.25, 0.3) is 66.7 Å². The molecule has 0 N–H and O–H groups in total. The van der Waals surface area contributed by atoms with Crippen molar-refractivity contribution in [3.8, 4) is 34.2 Å². The lowest BCUT2D eigenvalue weighted by atomic mass is 10.0. The zero-order chi connectivity index (χ0) is 35.1. The monoisotopic (exact) mass is 679 g/mol. The Kier molecular flexibility index (Phi) is 7.40. The molecule has 10 aromatic rings. The predicted octanol–water partition coefficient (Wildman–Crippen LogP) is 12.3. The van der Waals surface area contributed by atoms with Crippen LogP contribution in [0.5, 0.6) is 0 Å². The van der Waals surface area contributed by atoms with Crippen LogP contribution in [0.15, 0.2) is 200 Å². The van der Waals surface area contributed by atoms with Crippen molar-refractivity contribution in [2.45, 2.75) is 0 Å². The number of hydrogen-bond acceptors (Lipinski definition) is 3. The van der Waals surface area contributed by atoms with E-state index < -0.39 is 0 Å². The molecule has 8 aromatic carbocycles. The van der Waals surface area contributed by atoms with Crippen molar-refractivity contribution in [1.29, 1.82) is 0 Å². The van der Waals surface area contributed by atoms with E-state index >= 15 is 0 Å². The van der Waals surface area contributed by atoms with Crippen LogP contribution < -0.4 is 4.90 Å². The van der Waals surface area contributed by atoms with Gasteiger partial charge in [-0.2, -0.15) is 0 Å². The fourth-order valence-corrected chi connectivity index (χ4v) is 7.68. The van der Waals surface area contributed by atoms with Gasteiger partial charge in [-0.15, -0.1) is 10.2 Å². The molecular formula is C48H33N5. The molecule has 0 aliphatic rings. The second-order valence-electron chi connectivity index (χ2n) is 13.1. The third-order valence-corrected chi connectivity index (χ3v) is 10.0. The molecule has 250 valence electrons. The van der Waals surface area contributed by atoms with Gasteiger partial charge in [0.1, 0.15) is 0 Å². The van der Waals surface area contributed by atoms with Gasteiger partial charge < -0.3 is 9.47 Å². The van der Waals surface area contributed by atoms with Crippen LogP contribution >= 0.6 is 0 Å². The van der Waals surface area contributed by atoms with Crippen LogP contribution in [-0.4, -0.2) is 19.3 Å². The number of hydrogen-bond donors (Lipinski definition) is 0. The van der Waals surface area contributed by atoms with Gasteiger partial charge >= 0.3 is 0 Å². The van der Waals surface area contributed by atoms with E-state index in [0.717, 1.165) is 62.0 Å². The van der Waals surface area contributed by atoms with Gasteiger partial charge in [0.25, 0.3) is 0 Å². The van der Waals surface area contributed by atoms with Crippen LogP contribution in [0.3, 0.4) is 0 Å². The van der Waals surface area contributed by atoms with Gasteiger partial charge in [-0.25, -0.2) is 0 Å². The molecule has 0 bridgehead atoms. The molecule has 0 radical (unpaired) electrons. The molecular weight excluding hydrogens is 647 g/mol. The molecule has 2 heterocycles. The molecule has 0 aliphatic carbocycles. The molecule has 10 rings (SSSR count). The van der Waals surface area contributed by atoms with Crippen molar-refractivity contribution in [2.75, 3.05) is 4.90 Å². The number of nitrogens with zero attached hydrogens (tertiary/aromatic N) is 5. The summed E-state index contributed by atoms with van der Waals surface area (Å²) in [6.45, 7) is 0. The first kappa shape index (κ1) is 30.6. The fraction of sp³-hybridized carbons (Fsp3) is 0. The van der Waals surface area contributed by atoms with E-state index in [0.29, 0.717) is 0 Å². The highest BCUT2D eigenvalue weighted by atomic mass is 15.3. The maximum Gasteiger partial charge on any atom is 0.168 e. The molecule has 2 aromatic heterocycles. The summed E-state index contributed by atoms with van der Waals surface area (Å²) < 4.78 is 4.56. The lowest BCUT2D eigenvalue weighted by molar-refractivity contribution is 1.08. The summed E-state index contributed by atoms with van der Waals surface area (Å²) in [7, 11) is 0. The number of para-hydroxylation sites is 3. The highest BCUT2D eigenvalue weighted by molar-refractivity contribution is 6.09. The van der Waals surface area contributed by atoms with Crippen molar-refractivity contribution in [2.24, 2.45) is 0 Å². The first-order chi connectivity index (χ1) is 26.3. The molecule has 0 spiro atoms. The summed E-state index contributed by atoms with van der Waals surface area (Å²) >= 11 is 0. The number of aromatic nitrogens is 4. The van der Waals surface area contributed by atoms with Gasteiger partial charge in [0.15, 0.2) is 11.6 Å². The molecule has 53 heavy (non-hydrogen) atoms. The first-order valence-electron chi connectivity index (χ1n) is 17.9. The highest BCUT2D eigenvalue weighted by Gasteiger charge is 2.21. The molecule has 0 atom stereocenters. The van der Waals surface area contributed by atoms with E-state index in [9.17, 15) is 0 Å². The van der Waals surface area contributed by atoms with Crippen molar-refractivity contribution < 1.29 is 0 Å². The maximum atomic E-state index is 4.77. The number of rotatable bonds is 7. The average molecular weight is 680 g/mol. The number of fused-ring (bicyclic) bond motifs is 4. The zero-order valence-corrected chi connectivity index (χ0v) is 28.8. The zero-order valence-electron chi connectivity index (χ0n) is 28.8. The Labute approximate surface area is 307 Å². The molecule has 5 nitrogen and oxygen atoms in total. The van der Waals surface area contributed by atoms with Crippen LogP contribution in [-0.2, 0) is 0 Å². The van der Waals surface area contributed by atoms with Gasteiger partial charge in [-0.05, 0) is 60.7 Å². The second kappa shape index (κ2) is 12.8. The summed E-state index contributed by atoms with van der Waals surface area (Å²) in [6.07, 6.45) is 0. The Morgan fingerprint density at radius 3 is 1.42 bits per heavy atom. The van der Waals surface area contributed by atoms with E-state index in [1.54, 1.807) is 0 Å². The minimum absolute atomic E-state index is 0.794. The van der Waals surface area contributed by atoms with Crippen LogP contribution in [0.1, 0.15) is 0 Å². The third kappa shape index (κ3) is 5.17. The van der Waals surface area contributed by atoms with E-state index in [-0.39, 0.29) is 0 Å². The van der Waals surface area contributed by atoms with Gasteiger partial charge in [0, 0.05) is 49.7 Å². The molecule has 0 saturated heterocycles. The molecule has 0 saturated carbocycles. The lowest BCUT2D eigenvalue weighted by Crippen LogP contribution is -2.11. The van der Waals surface area contributed by atoms with Gasteiger partial charge in [-0.1, -0.05) is 140 Å². The predicted molar refractivity (Wildman–Crippen MR) is 219 cm³/mol. The molecule has 5 heteroatoms. The molecule has 0 amide bonds. The van der Waals surface area contributed by atoms with Gasteiger partial charge in [-0.3, -0.25) is 4.57 Å². The van der Waals surface area contributed by atoms with Crippen LogP contribution in [0, 0.1) is 0 Å². The van der Waals surface area contributed by atoms with Crippen molar-refractivity contribution in [3.63, 3.8) is 0 Å². The Hall–Kier alpha value is -7.24. The summed E-state index contributed by atoms with van der Waals surface area (Å²) in [4.78, 5) is 2.35. The summed E-state index contributed by atoms with van der Waals surface area (Å²) in [6, 6.07) is 70.5. The van der Waals surface area contributed by atoms with Gasteiger partial charge in [0.05, 0.1) is 22.4 Å². The quantitative estimate of drug-likeness (QED) is 0.168. The minimum atomic E-state index is 0.794. The van der Waals surface area contributed by atoms with Crippen molar-refractivity contribution in [1.82, 2.24) is 19.3 Å². The Bertz CT molecular complexity index is 2760. The van der Waals surface area contributed by atoms with Crippen LogP contribution in [0.4, 0.5) is 17.1 Å². The van der Waals surface area contributed by atoms with E-state index in [2.05, 4.69) is 178 Å². The largest absolute Gasteiger partial charge is 0.310 e. The highest BCUT2D eigenvalue weighted by Crippen LogP contribution is 2.42. The van der Waals surface area contributed by atoms with Gasteiger partial charge in [0.2, 0.25) is 0 Å². The lowest BCUT2D eigenvalue weighted by Gasteiger charge is -2.27. The molecule has 0 unspecified atom stereocenters. The van der Waals surface area contributed by atoms with E-state index in [1.165, 1.54) is 21.8 Å². The van der Waals surface area contributed by atoms with E-state index in [1.807, 2.05) is 36.4 Å².